The van der Waals surface area contributed by atoms with Gasteiger partial charge in [0.25, 0.3) is 0 Å². The van der Waals surface area contributed by atoms with Gasteiger partial charge in [0, 0.05) is 4.57 Å². The summed E-state index contributed by atoms with van der Waals surface area (Å²) in [4.78, 5) is 30.1. The van der Waals surface area contributed by atoms with Gasteiger partial charge >= 0.3 is 75.0 Å². The van der Waals surface area contributed by atoms with Crippen LogP contribution in [0.2, 0.25) is 0 Å². The first kappa shape index (κ1) is 25.0. The number of rotatable bonds is 2. The van der Waals surface area contributed by atoms with Gasteiger partial charge < -0.3 is 17.7 Å². The van der Waals surface area contributed by atoms with Crippen LogP contribution in [0.25, 0.3) is 0 Å². The van der Waals surface area contributed by atoms with Crippen molar-refractivity contribution in [1.29, 1.82) is 0 Å². The Kier molecular flexibility index (Phi) is 23.5. The van der Waals surface area contributed by atoms with E-state index in [1.54, 1.807) is 0 Å². The van der Waals surface area contributed by atoms with Crippen LogP contribution in [0.4, 0.5) is 4.39 Å². The number of aliphatic hydroxyl groups excluding tert-OH is 1. The first-order chi connectivity index (χ1) is 5.21. The molecule has 14 heavy (non-hydrogen) atoms. The minimum Gasteiger partial charge on any atom is -1.00 e. The van der Waals surface area contributed by atoms with E-state index in [0.29, 0.717) is 0 Å². The second kappa shape index (κ2) is 13.1. The Balaban J connectivity index is -0.0000000281. The van der Waals surface area contributed by atoms with E-state index in [9.17, 15) is 8.96 Å². The fourth-order valence-electron chi connectivity index (χ4n) is 0.0899. The van der Waals surface area contributed by atoms with Crippen molar-refractivity contribution in [2.45, 2.75) is 5.85 Å². The van der Waals surface area contributed by atoms with Gasteiger partial charge in [0.1, 0.15) is 6.67 Å². The maximum atomic E-state index is 11.1. The zero-order valence-corrected chi connectivity index (χ0v) is 13.4. The molecular formula is C2H10FNa2O7P2+. The van der Waals surface area contributed by atoms with E-state index in [-0.39, 0.29) is 62.0 Å². The second-order valence-electron chi connectivity index (χ2n) is 1.48. The van der Waals surface area contributed by atoms with Crippen molar-refractivity contribution in [3.8, 4) is 0 Å². The van der Waals surface area contributed by atoms with Crippen LogP contribution in [-0.4, -0.2) is 37.2 Å². The topological polar surface area (TPSA) is 135 Å². The number of halogens is 1. The molecule has 0 aliphatic carbocycles. The zero-order chi connectivity index (χ0) is 10.4. The first-order valence-electron chi connectivity index (χ1n) is 2.36. The fourth-order valence-corrected chi connectivity index (χ4v) is 0.270. The van der Waals surface area contributed by atoms with Crippen LogP contribution in [0.1, 0.15) is 2.85 Å². The van der Waals surface area contributed by atoms with Crippen molar-refractivity contribution in [2.24, 2.45) is 0 Å². The molecule has 12 heteroatoms. The van der Waals surface area contributed by atoms with E-state index in [1.807, 2.05) is 0 Å². The minimum absolute atomic E-state index is 0. The van der Waals surface area contributed by atoms with Crippen LogP contribution < -0.4 is 59.1 Å². The van der Waals surface area contributed by atoms with Gasteiger partial charge in [-0.1, -0.05) is 0 Å². The Bertz CT molecular complexity index is 189. The van der Waals surface area contributed by atoms with Crippen molar-refractivity contribution < 1.29 is 100 Å². The summed E-state index contributed by atoms with van der Waals surface area (Å²) in [5, 5.41) is 8.06. The van der Waals surface area contributed by atoms with E-state index in [2.05, 4.69) is 0 Å². The van der Waals surface area contributed by atoms with Crippen LogP contribution in [0.3, 0.4) is 0 Å². The average Bonchev–Trinajstić information content (AvgIpc) is 1.82. The molecular weight excluding hydrogens is 263 g/mol. The van der Waals surface area contributed by atoms with Crippen molar-refractivity contribution >= 4 is 15.9 Å². The van der Waals surface area contributed by atoms with Crippen molar-refractivity contribution in [2.75, 3.05) is 6.67 Å². The van der Waals surface area contributed by atoms with Gasteiger partial charge in [0.15, 0.2) is 5.85 Å². The van der Waals surface area contributed by atoms with Crippen molar-refractivity contribution in [3.63, 3.8) is 0 Å². The largest absolute Gasteiger partial charge is 1.00 e. The van der Waals surface area contributed by atoms with Gasteiger partial charge in [-0.05, 0) is 0 Å². The Morgan fingerprint density at radius 3 is 1.57 bits per heavy atom. The molecule has 7 nitrogen and oxygen atoms in total. The maximum Gasteiger partial charge on any atom is 1.00 e. The summed E-state index contributed by atoms with van der Waals surface area (Å²) < 4.78 is 29.6. The summed E-state index contributed by atoms with van der Waals surface area (Å²) in [5.41, 5.74) is 0. The molecule has 1 atom stereocenters. The molecule has 0 aliphatic rings. The number of alkyl halides is 1. The predicted octanol–water partition coefficient (Wildman–Crippen LogP) is -6.69. The van der Waals surface area contributed by atoms with E-state index in [0.717, 1.165) is 0 Å². The number of hydrogen-bond donors (Lipinski definition) is 5. The molecule has 0 radical (unpaired) electrons. The normalized spacial score (nSPS) is 11.0. The molecule has 0 heterocycles. The third kappa shape index (κ3) is 23.7. The van der Waals surface area contributed by atoms with Gasteiger partial charge in [-0.3, -0.25) is 4.57 Å². The molecule has 0 spiro atoms. The summed E-state index contributed by atoms with van der Waals surface area (Å²) in [5.74, 6) is -2.15. The third-order valence-electron chi connectivity index (χ3n) is 0.526. The molecule has 5 N–H and O–H groups in total. The van der Waals surface area contributed by atoms with Gasteiger partial charge in [-0.15, -0.1) is 9.79 Å². The van der Waals surface area contributed by atoms with E-state index >= 15 is 0 Å². The Labute approximate surface area is 127 Å². The molecule has 78 valence electrons. The average molecular weight is 273 g/mol. The molecule has 0 fully saturated rings. The van der Waals surface area contributed by atoms with Crippen LogP contribution in [0.5, 0.6) is 0 Å². The molecule has 0 saturated heterocycles. The van der Waals surface area contributed by atoms with Crippen molar-refractivity contribution in [3.05, 3.63) is 0 Å². The monoisotopic (exact) mass is 273 g/mol. The van der Waals surface area contributed by atoms with Gasteiger partial charge in [0.2, 0.25) is 0 Å². The summed E-state index contributed by atoms with van der Waals surface area (Å²) in [6, 6.07) is 0. The third-order valence-corrected chi connectivity index (χ3v) is 1.44. The van der Waals surface area contributed by atoms with Gasteiger partial charge in [-0.2, -0.15) is 0 Å². The molecule has 0 aromatic heterocycles. The Morgan fingerprint density at radius 2 is 1.57 bits per heavy atom. The van der Waals surface area contributed by atoms with Crippen LogP contribution in [-0.2, 0) is 9.13 Å². The summed E-state index contributed by atoms with van der Waals surface area (Å²) in [7, 11) is -7.45. The number of aliphatic hydroxyl groups is 1. The second-order valence-corrected chi connectivity index (χ2v) is 3.76. The predicted molar refractivity (Wildman–Crippen MR) is 38.3 cm³/mol. The molecule has 0 amide bonds. The van der Waals surface area contributed by atoms with E-state index in [4.69, 9.17) is 29.2 Å². The smallest absolute Gasteiger partial charge is 1.00 e. The molecule has 0 aliphatic heterocycles. The Hall–Kier alpha value is 2.06. The molecule has 0 aromatic carbocycles. The molecule has 0 aromatic rings. The Morgan fingerprint density at radius 1 is 1.36 bits per heavy atom. The molecule has 0 rings (SSSR count). The minimum atomic E-state index is -4.58. The number of hydrogen-bond acceptors (Lipinski definition) is 3. The quantitative estimate of drug-likeness (QED) is 0.249. The molecule has 0 saturated carbocycles. The molecule has 1 unspecified atom stereocenters. The maximum absolute atomic E-state index is 11.1. The molecule has 0 bridgehead atoms. The summed E-state index contributed by atoms with van der Waals surface area (Å²) in [6.07, 6.45) is 0. The van der Waals surface area contributed by atoms with E-state index < -0.39 is 28.4 Å². The fraction of sp³-hybridized carbons (Fsp3) is 1.00. The van der Waals surface area contributed by atoms with Crippen molar-refractivity contribution in [1.82, 2.24) is 0 Å². The zero-order valence-electron chi connectivity index (χ0n) is 9.61. The first-order valence-corrected chi connectivity index (χ1v) is 5.20. The SMILES string of the molecule is O=P(O)(O)C(O)CF.O=[P+](O)O.[H-].[H-].[Na+].[Na+]. The van der Waals surface area contributed by atoms with Crippen LogP contribution >= 0.6 is 15.9 Å². The van der Waals surface area contributed by atoms with Gasteiger partial charge in [-0.25, -0.2) is 4.39 Å². The van der Waals surface area contributed by atoms with Gasteiger partial charge in [0.05, 0.1) is 0 Å². The van der Waals surface area contributed by atoms with E-state index in [1.165, 1.54) is 0 Å². The van der Waals surface area contributed by atoms with Crippen LogP contribution in [0.15, 0.2) is 0 Å². The van der Waals surface area contributed by atoms with Crippen LogP contribution in [0, 0.1) is 0 Å². The standard InChI is InChI=1S/C2H6FO4P.2Na.HO3P.2H/c3-1-2(4)8(5,6)7;;;1-4(2)3;;/h2,4H,1H2,(H2,5,6,7);;;(H-,1,2,3);;/q;2*+1;;2*-1/p+1. The summed E-state index contributed by atoms with van der Waals surface area (Å²) >= 11 is 0. The summed E-state index contributed by atoms with van der Waals surface area (Å²) in [6.45, 7) is -1.41.